The van der Waals surface area contributed by atoms with Crippen LogP contribution in [0.2, 0.25) is 0 Å². The maximum atomic E-state index is 12.1. The van der Waals surface area contributed by atoms with Gasteiger partial charge in [0, 0.05) is 12.6 Å². The third-order valence-corrected chi connectivity index (χ3v) is 4.96. The first-order valence-electron chi connectivity index (χ1n) is 6.90. The summed E-state index contributed by atoms with van der Waals surface area (Å²) in [5, 5.41) is 8.60. The Morgan fingerprint density at radius 1 is 1.43 bits per heavy atom. The normalized spacial score (nSPS) is 15.5. The molecule has 0 aromatic heterocycles. The number of hydrogen-bond donors (Lipinski definition) is 2. The van der Waals surface area contributed by atoms with Gasteiger partial charge in [0.05, 0.1) is 4.90 Å². The fourth-order valence-corrected chi connectivity index (χ4v) is 3.18. The number of carbonyl (C=O) groups is 1. The van der Waals surface area contributed by atoms with E-state index in [0.29, 0.717) is 18.0 Å². The molecule has 21 heavy (non-hydrogen) atoms. The largest absolute Gasteiger partial charge is 0.478 e. The zero-order chi connectivity index (χ0) is 15.5. The Balaban J connectivity index is 2.08. The van der Waals surface area contributed by atoms with Crippen LogP contribution in [0.25, 0.3) is 6.08 Å². The number of carboxylic acid groups (broad SMARTS) is 1. The molecule has 1 aliphatic carbocycles. The van der Waals surface area contributed by atoms with Gasteiger partial charge in [-0.05, 0) is 48.6 Å². The lowest BCUT2D eigenvalue weighted by Gasteiger charge is -2.08. The number of aryl methyl sites for hydroxylation is 1. The Labute approximate surface area is 124 Å². The van der Waals surface area contributed by atoms with Gasteiger partial charge in [0.1, 0.15) is 0 Å². The van der Waals surface area contributed by atoms with Crippen molar-refractivity contribution in [1.82, 2.24) is 4.72 Å². The summed E-state index contributed by atoms with van der Waals surface area (Å²) in [6.45, 7) is 2.22. The van der Waals surface area contributed by atoms with E-state index in [9.17, 15) is 13.2 Å². The lowest BCUT2D eigenvalue weighted by Crippen LogP contribution is -2.25. The zero-order valence-corrected chi connectivity index (χ0v) is 12.7. The molecule has 0 atom stereocenters. The topological polar surface area (TPSA) is 83.5 Å². The molecule has 1 aromatic rings. The molecular weight excluding hydrogens is 290 g/mol. The van der Waals surface area contributed by atoms with Crippen LogP contribution in [0.4, 0.5) is 0 Å². The van der Waals surface area contributed by atoms with E-state index in [1.165, 1.54) is 25.0 Å². The molecule has 2 N–H and O–H groups in total. The van der Waals surface area contributed by atoms with Crippen LogP contribution in [0.1, 0.15) is 30.4 Å². The Morgan fingerprint density at radius 3 is 2.71 bits per heavy atom. The highest BCUT2D eigenvalue weighted by Crippen LogP contribution is 2.31. The van der Waals surface area contributed by atoms with Crippen LogP contribution >= 0.6 is 0 Å². The number of carboxylic acids is 1. The predicted octanol–water partition coefficient (Wildman–Crippen LogP) is 2.17. The quantitative estimate of drug-likeness (QED) is 0.756. The van der Waals surface area contributed by atoms with Gasteiger partial charge in [-0.1, -0.05) is 18.9 Å². The van der Waals surface area contributed by atoms with Crippen molar-refractivity contribution in [1.29, 1.82) is 0 Å². The summed E-state index contributed by atoms with van der Waals surface area (Å²) in [4.78, 5) is 10.7. The van der Waals surface area contributed by atoms with Gasteiger partial charge >= 0.3 is 5.97 Å². The Kier molecular flexibility index (Phi) is 4.80. The highest BCUT2D eigenvalue weighted by Gasteiger charge is 2.22. The van der Waals surface area contributed by atoms with Crippen molar-refractivity contribution < 1.29 is 18.3 Å². The number of benzene rings is 1. The van der Waals surface area contributed by atoms with Crippen molar-refractivity contribution in [2.45, 2.75) is 31.1 Å². The van der Waals surface area contributed by atoms with E-state index in [0.717, 1.165) is 18.1 Å². The van der Waals surface area contributed by atoms with E-state index in [1.54, 1.807) is 19.1 Å². The number of sulfonamides is 1. The standard InChI is InChI=1S/C15H19NO4S/c1-11-10-14(6-4-13(11)5-7-15(17)18)21(19,20)16-9-8-12-2-3-12/h4-7,10,12,16H,2-3,8-9H2,1H3,(H,17,18). The Bertz CT molecular complexity index is 660. The third-order valence-electron chi connectivity index (χ3n) is 3.50. The molecule has 0 aliphatic heterocycles. The van der Waals surface area contributed by atoms with Crippen LogP contribution in [0.3, 0.4) is 0 Å². The molecule has 114 valence electrons. The average Bonchev–Trinajstić information content (AvgIpc) is 3.21. The second-order valence-corrected chi connectivity index (χ2v) is 7.09. The van der Waals surface area contributed by atoms with Gasteiger partial charge in [0.15, 0.2) is 0 Å². The molecule has 6 heteroatoms. The van der Waals surface area contributed by atoms with Gasteiger partial charge in [-0.15, -0.1) is 0 Å². The summed E-state index contributed by atoms with van der Waals surface area (Å²) < 4.78 is 26.9. The van der Waals surface area contributed by atoms with E-state index in [4.69, 9.17) is 5.11 Å². The lowest BCUT2D eigenvalue weighted by molar-refractivity contribution is -0.131. The van der Waals surface area contributed by atoms with E-state index in [1.807, 2.05) is 0 Å². The Hall–Kier alpha value is -1.66. The van der Waals surface area contributed by atoms with Gasteiger partial charge < -0.3 is 5.11 Å². The molecule has 0 bridgehead atoms. The monoisotopic (exact) mass is 309 g/mol. The van der Waals surface area contributed by atoms with Crippen molar-refractivity contribution >= 4 is 22.1 Å². The molecule has 0 spiro atoms. The molecule has 1 saturated carbocycles. The molecule has 0 amide bonds. The second kappa shape index (κ2) is 6.41. The number of aliphatic carboxylic acids is 1. The second-order valence-electron chi connectivity index (χ2n) is 5.32. The molecule has 0 radical (unpaired) electrons. The van der Waals surface area contributed by atoms with Crippen LogP contribution in [0.5, 0.6) is 0 Å². The van der Waals surface area contributed by atoms with Crippen molar-refractivity contribution in [2.75, 3.05) is 6.54 Å². The summed E-state index contributed by atoms with van der Waals surface area (Å²) in [6, 6.07) is 4.67. The predicted molar refractivity (Wildman–Crippen MR) is 80.4 cm³/mol. The molecule has 2 rings (SSSR count). The smallest absolute Gasteiger partial charge is 0.328 e. The van der Waals surface area contributed by atoms with Crippen LogP contribution < -0.4 is 4.72 Å². The maximum absolute atomic E-state index is 12.1. The number of nitrogens with one attached hydrogen (secondary N) is 1. The highest BCUT2D eigenvalue weighted by molar-refractivity contribution is 7.89. The van der Waals surface area contributed by atoms with Crippen LogP contribution in [-0.4, -0.2) is 26.0 Å². The Morgan fingerprint density at radius 2 is 2.14 bits per heavy atom. The molecule has 0 saturated heterocycles. The third kappa shape index (κ3) is 4.68. The van der Waals surface area contributed by atoms with E-state index >= 15 is 0 Å². The zero-order valence-electron chi connectivity index (χ0n) is 11.9. The summed E-state index contributed by atoms with van der Waals surface area (Å²) in [5.41, 5.74) is 1.41. The van der Waals surface area contributed by atoms with Gasteiger partial charge in [-0.3, -0.25) is 0 Å². The van der Waals surface area contributed by atoms with Crippen molar-refractivity contribution in [3.05, 3.63) is 35.4 Å². The van der Waals surface area contributed by atoms with E-state index in [2.05, 4.69) is 4.72 Å². The molecule has 1 aromatic carbocycles. The van der Waals surface area contributed by atoms with Crippen molar-refractivity contribution in [3.63, 3.8) is 0 Å². The SMILES string of the molecule is Cc1cc(S(=O)(=O)NCCC2CC2)ccc1C=CC(=O)O. The summed E-state index contributed by atoms with van der Waals surface area (Å²) in [5.74, 6) is -0.356. The first-order chi connectivity index (χ1) is 9.88. The molecular formula is C15H19NO4S. The minimum atomic E-state index is -3.49. The molecule has 5 nitrogen and oxygen atoms in total. The maximum Gasteiger partial charge on any atom is 0.328 e. The van der Waals surface area contributed by atoms with Gasteiger partial charge in [-0.2, -0.15) is 0 Å². The van der Waals surface area contributed by atoms with Crippen molar-refractivity contribution in [2.24, 2.45) is 5.92 Å². The van der Waals surface area contributed by atoms with Crippen LogP contribution in [0, 0.1) is 12.8 Å². The fraction of sp³-hybridized carbons (Fsp3) is 0.400. The molecule has 0 heterocycles. The van der Waals surface area contributed by atoms with E-state index < -0.39 is 16.0 Å². The number of hydrogen-bond acceptors (Lipinski definition) is 3. The summed E-state index contributed by atoms with van der Waals surface area (Å²) >= 11 is 0. The molecule has 1 aliphatic rings. The van der Waals surface area contributed by atoms with Crippen LogP contribution in [0.15, 0.2) is 29.2 Å². The lowest BCUT2D eigenvalue weighted by atomic mass is 10.1. The molecule has 1 fully saturated rings. The van der Waals surface area contributed by atoms with Crippen molar-refractivity contribution in [3.8, 4) is 0 Å². The van der Waals surface area contributed by atoms with Gasteiger partial charge in [0.2, 0.25) is 10.0 Å². The first-order valence-corrected chi connectivity index (χ1v) is 8.38. The summed E-state index contributed by atoms with van der Waals surface area (Å²) in [7, 11) is -3.49. The van der Waals surface area contributed by atoms with Gasteiger partial charge in [-0.25, -0.2) is 17.9 Å². The van der Waals surface area contributed by atoms with Crippen LogP contribution in [-0.2, 0) is 14.8 Å². The number of rotatable bonds is 7. The minimum absolute atomic E-state index is 0.211. The van der Waals surface area contributed by atoms with E-state index in [-0.39, 0.29) is 4.90 Å². The average molecular weight is 309 g/mol. The molecule has 0 unspecified atom stereocenters. The highest BCUT2D eigenvalue weighted by atomic mass is 32.2. The first kappa shape index (κ1) is 15.7. The summed E-state index contributed by atoms with van der Waals surface area (Å²) in [6.07, 6.45) is 5.77. The van der Waals surface area contributed by atoms with Gasteiger partial charge in [0.25, 0.3) is 0 Å². The fourth-order valence-electron chi connectivity index (χ4n) is 2.05. The minimum Gasteiger partial charge on any atom is -0.478 e.